The minimum absolute atomic E-state index is 0.285. The Morgan fingerprint density at radius 2 is 1.88 bits per heavy atom. The molecule has 3 rings (SSSR count). The highest BCUT2D eigenvalue weighted by atomic mass is 35.5. The van der Waals surface area contributed by atoms with Crippen molar-refractivity contribution in [3.8, 4) is 0 Å². The van der Waals surface area contributed by atoms with Crippen LogP contribution in [0.15, 0.2) is 24.3 Å². The van der Waals surface area contributed by atoms with Gasteiger partial charge in [-0.3, -0.25) is 0 Å². The Balaban J connectivity index is 1.77. The summed E-state index contributed by atoms with van der Waals surface area (Å²) in [6, 6.07) is 7.65. The van der Waals surface area contributed by atoms with Crippen molar-refractivity contribution in [1.29, 1.82) is 0 Å². The van der Waals surface area contributed by atoms with Gasteiger partial charge in [-0.05, 0) is 54.7 Å². The normalized spacial score (nSPS) is 34.2. The van der Waals surface area contributed by atoms with E-state index in [1.165, 1.54) is 25.7 Å². The SMILES string of the molecule is O[C@H](c1ccc(Cl)cc1)C1CC2CCC1C2. The number of hydrogen-bond donors (Lipinski definition) is 1. The summed E-state index contributed by atoms with van der Waals surface area (Å²) in [6.07, 6.45) is 4.98. The van der Waals surface area contributed by atoms with Gasteiger partial charge in [0.2, 0.25) is 0 Å². The minimum Gasteiger partial charge on any atom is -0.388 e. The molecule has 0 spiro atoms. The second kappa shape index (κ2) is 4.05. The van der Waals surface area contributed by atoms with Gasteiger partial charge < -0.3 is 5.11 Å². The van der Waals surface area contributed by atoms with E-state index in [0.717, 1.165) is 22.4 Å². The van der Waals surface area contributed by atoms with Gasteiger partial charge in [-0.2, -0.15) is 0 Å². The van der Waals surface area contributed by atoms with Crippen molar-refractivity contribution in [2.75, 3.05) is 0 Å². The van der Waals surface area contributed by atoms with Crippen LogP contribution < -0.4 is 0 Å². The molecule has 2 aliphatic carbocycles. The molecule has 2 bridgehead atoms. The average Bonchev–Trinajstić information content (AvgIpc) is 2.91. The van der Waals surface area contributed by atoms with E-state index < -0.39 is 0 Å². The number of fused-ring (bicyclic) bond motifs is 2. The number of benzene rings is 1. The maximum atomic E-state index is 10.4. The number of rotatable bonds is 2. The van der Waals surface area contributed by atoms with E-state index in [1.807, 2.05) is 24.3 Å². The van der Waals surface area contributed by atoms with Crippen molar-refractivity contribution in [2.24, 2.45) is 17.8 Å². The van der Waals surface area contributed by atoms with Crippen LogP contribution in [-0.4, -0.2) is 5.11 Å². The van der Waals surface area contributed by atoms with Crippen LogP contribution in [-0.2, 0) is 0 Å². The molecule has 1 nitrogen and oxygen atoms in total. The lowest BCUT2D eigenvalue weighted by Crippen LogP contribution is -2.19. The molecule has 0 saturated heterocycles. The maximum Gasteiger partial charge on any atom is 0.0820 e. The van der Waals surface area contributed by atoms with Gasteiger partial charge in [0.25, 0.3) is 0 Å². The molecule has 86 valence electrons. The Morgan fingerprint density at radius 1 is 1.12 bits per heavy atom. The maximum absolute atomic E-state index is 10.4. The summed E-state index contributed by atoms with van der Waals surface area (Å²) in [5.41, 5.74) is 1.03. The van der Waals surface area contributed by atoms with Crippen LogP contribution >= 0.6 is 11.6 Å². The molecular formula is C14H17ClO. The summed E-state index contributed by atoms with van der Waals surface area (Å²) in [6.45, 7) is 0. The Morgan fingerprint density at radius 3 is 2.44 bits per heavy atom. The van der Waals surface area contributed by atoms with Crippen molar-refractivity contribution in [3.05, 3.63) is 34.9 Å². The third-order valence-corrected chi connectivity index (χ3v) is 4.66. The second-order valence-electron chi connectivity index (χ2n) is 5.34. The first-order valence-corrected chi connectivity index (χ1v) is 6.55. The predicted octanol–water partition coefficient (Wildman–Crippen LogP) is 3.81. The van der Waals surface area contributed by atoms with Gasteiger partial charge in [0.05, 0.1) is 6.10 Å². The van der Waals surface area contributed by atoms with Crippen LogP contribution in [0.5, 0.6) is 0 Å². The Kier molecular flexibility index (Phi) is 2.68. The predicted molar refractivity (Wildman–Crippen MR) is 65.3 cm³/mol. The molecule has 1 aromatic carbocycles. The lowest BCUT2D eigenvalue weighted by atomic mass is 9.82. The van der Waals surface area contributed by atoms with Crippen molar-refractivity contribution < 1.29 is 5.11 Å². The number of halogens is 1. The van der Waals surface area contributed by atoms with Crippen molar-refractivity contribution in [3.63, 3.8) is 0 Å². The largest absolute Gasteiger partial charge is 0.388 e. The van der Waals surface area contributed by atoms with E-state index in [1.54, 1.807) is 0 Å². The van der Waals surface area contributed by atoms with Crippen molar-refractivity contribution >= 4 is 11.6 Å². The number of hydrogen-bond acceptors (Lipinski definition) is 1. The van der Waals surface area contributed by atoms with Gasteiger partial charge in [0, 0.05) is 5.02 Å². The molecule has 4 atom stereocenters. The zero-order valence-corrected chi connectivity index (χ0v) is 10.0. The molecule has 0 amide bonds. The highest BCUT2D eigenvalue weighted by Gasteiger charge is 2.42. The van der Waals surface area contributed by atoms with E-state index >= 15 is 0 Å². The Bertz CT molecular complexity index is 373. The average molecular weight is 237 g/mol. The van der Waals surface area contributed by atoms with Crippen molar-refractivity contribution in [1.82, 2.24) is 0 Å². The fourth-order valence-electron chi connectivity index (χ4n) is 3.59. The fraction of sp³-hybridized carbons (Fsp3) is 0.571. The van der Waals surface area contributed by atoms with E-state index in [0.29, 0.717) is 5.92 Å². The van der Waals surface area contributed by atoms with E-state index in [2.05, 4.69) is 0 Å². The summed E-state index contributed by atoms with van der Waals surface area (Å²) >= 11 is 5.86. The standard InChI is InChI=1S/C14H17ClO/c15-12-5-3-10(4-6-12)14(16)13-8-9-1-2-11(13)7-9/h3-6,9,11,13-14,16H,1-2,7-8H2/t9?,11?,13?,14-/m1/s1. The molecular weight excluding hydrogens is 220 g/mol. The fourth-order valence-corrected chi connectivity index (χ4v) is 3.71. The summed E-state index contributed by atoms with van der Waals surface area (Å²) in [5.74, 6) is 2.13. The van der Waals surface area contributed by atoms with Gasteiger partial charge in [-0.25, -0.2) is 0 Å². The lowest BCUT2D eigenvalue weighted by Gasteiger charge is -2.27. The van der Waals surface area contributed by atoms with Crippen LogP contribution in [0.25, 0.3) is 0 Å². The summed E-state index contributed by atoms with van der Waals surface area (Å²) in [7, 11) is 0. The highest BCUT2D eigenvalue weighted by molar-refractivity contribution is 6.30. The van der Waals surface area contributed by atoms with Crippen LogP contribution in [0.4, 0.5) is 0 Å². The van der Waals surface area contributed by atoms with Gasteiger partial charge >= 0.3 is 0 Å². The first-order chi connectivity index (χ1) is 7.74. The molecule has 0 aliphatic heterocycles. The highest BCUT2D eigenvalue weighted by Crippen LogP contribution is 2.52. The first kappa shape index (κ1) is 10.6. The minimum atomic E-state index is -0.285. The molecule has 0 aromatic heterocycles. The van der Waals surface area contributed by atoms with Gasteiger partial charge in [0.1, 0.15) is 0 Å². The Labute approximate surface area is 101 Å². The third-order valence-electron chi connectivity index (χ3n) is 4.41. The molecule has 1 aromatic rings. The van der Waals surface area contributed by atoms with Gasteiger partial charge in [-0.1, -0.05) is 30.2 Å². The topological polar surface area (TPSA) is 20.2 Å². The van der Waals surface area contributed by atoms with Gasteiger partial charge in [-0.15, -0.1) is 0 Å². The molecule has 1 N–H and O–H groups in total. The zero-order valence-electron chi connectivity index (χ0n) is 9.27. The van der Waals surface area contributed by atoms with E-state index in [4.69, 9.17) is 11.6 Å². The summed E-state index contributed by atoms with van der Waals surface area (Å²) < 4.78 is 0. The quantitative estimate of drug-likeness (QED) is 0.828. The number of aliphatic hydroxyl groups excluding tert-OH is 1. The second-order valence-corrected chi connectivity index (χ2v) is 5.77. The monoisotopic (exact) mass is 236 g/mol. The zero-order chi connectivity index (χ0) is 11.1. The molecule has 2 aliphatic rings. The molecule has 3 unspecified atom stereocenters. The van der Waals surface area contributed by atoms with Crippen LogP contribution in [0.3, 0.4) is 0 Å². The molecule has 0 radical (unpaired) electrons. The smallest absolute Gasteiger partial charge is 0.0820 e. The lowest BCUT2D eigenvalue weighted by molar-refractivity contribution is 0.0745. The van der Waals surface area contributed by atoms with E-state index in [9.17, 15) is 5.11 Å². The molecule has 2 heteroatoms. The molecule has 16 heavy (non-hydrogen) atoms. The Hall–Kier alpha value is -0.530. The number of aliphatic hydroxyl groups is 1. The summed E-state index contributed by atoms with van der Waals surface area (Å²) in [4.78, 5) is 0. The summed E-state index contributed by atoms with van der Waals surface area (Å²) in [5, 5.41) is 11.1. The van der Waals surface area contributed by atoms with Crippen LogP contribution in [0.2, 0.25) is 5.02 Å². The van der Waals surface area contributed by atoms with E-state index in [-0.39, 0.29) is 6.10 Å². The molecule has 2 fully saturated rings. The van der Waals surface area contributed by atoms with Crippen molar-refractivity contribution in [2.45, 2.75) is 31.8 Å². The van der Waals surface area contributed by atoms with Crippen LogP contribution in [0.1, 0.15) is 37.4 Å². The molecule has 0 heterocycles. The first-order valence-electron chi connectivity index (χ1n) is 6.17. The third kappa shape index (κ3) is 1.76. The molecule has 2 saturated carbocycles. The van der Waals surface area contributed by atoms with Crippen LogP contribution in [0, 0.1) is 17.8 Å². The van der Waals surface area contributed by atoms with Gasteiger partial charge in [0.15, 0.2) is 0 Å².